The van der Waals surface area contributed by atoms with Crippen LogP contribution in [0, 0.1) is 0 Å². The van der Waals surface area contributed by atoms with Crippen LogP contribution in [0.5, 0.6) is 0 Å². The highest BCUT2D eigenvalue weighted by molar-refractivity contribution is 6.78. The van der Waals surface area contributed by atoms with Gasteiger partial charge < -0.3 is 9.47 Å². The molecule has 0 unspecified atom stereocenters. The third kappa shape index (κ3) is 2.19. The lowest BCUT2D eigenvalue weighted by Gasteiger charge is -2.35. The Morgan fingerprint density at radius 1 is 1.20 bits per heavy atom. The van der Waals surface area contributed by atoms with E-state index < -0.39 is 8.07 Å². The molecule has 0 N–H and O–H groups in total. The molecule has 0 spiro atoms. The Balaban J connectivity index is 2.21. The number of fused-ring (bicyclic) bond motifs is 1. The summed E-state index contributed by atoms with van der Waals surface area (Å²) in [6, 6.07) is 0. The van der Waals surface area contributed by atoms with Crippen molar-refractivity contribution in [3.63, 3.8) is 0 Å². The average molecular weight is 226 g/mol. The molecule has 0 saturated carbocycles. The summed E-state index contributed by atoms with van der Waals surface area (Å²) in [7, 11) is -1.20. The largest absolute Gasteiger partial charge is 0.344 e. The highest BCUT2D eigenvalue weighted by atomic mass is 28.3. The van der Waals surface area contributed by atoms with E-state index in [2.05, 4.69) is 31.8 Å². The standard InChI is InChI=1S/C12H22O2Si/c1-12(2)13-9-7-6-8-10(11(9)14-12)15(3,4)5/h6,8-11H,7H2,1-5H3/t9-,10-,11-/m0/s1. The first-order valence-corrected chi connectivity index (χ1v) is 9.40. The zero-order valence-electron chi connectivity index (χ0n) is 10.4. The molecule has 2 aliphatic rings. The predicted molar refractivity (Wildman–Crippen MR) is 64.7 cm³/mol. The van der Waals surface area contributed by atoms with Crippen molar-refractivity contribution in [1.82, 2.24) is 0 Å². The maximum atomic E-state index is 6.05. The third-order valence-electron chi connectivity index (χ3n) is 3.29. The van der Waals surface area contributed by atoms with E-state index in [0.717, 1.165) is 6.42 Å². The Hall–Kier alpha value is -0.123. The van der Waals surface area contributed by atoms with Gasteiger partial charge in [-0.15, -0.1) is 0 Å². The molecule has 15 heavy (non-hydrogen) atoms. The first-order valence-electron chi connectivity index (χ1n) is 5.82. The molecule has 0 amide bonds. The minimum atomic E-state index is -1.20. The molecule has 0 aromatic carbocycles. The topological polar surface area (TPSA) is 18.5 Å². The Morgan fingerprint density at radius 3 is 2.47 bits per heavy atom. The van der Waals surface area contributed by atoms with E-state index in [1.165, 1.54) is 0 Å². The molecule has 2 rings (SSSR count). The molecule has 0 aromatic rings. The molecule has 86 valence electrons. The Kier molecular flexibility index (Phi) is 2.60. The second kappa shape index (κ2) is 3.44. The van der Waals surface area contributed by atoms with Gasteiger partial charge in [0.15, 0.2) is 5.79 Å². The van der Waals surface area contributed by atoms with Gasteiger partial charge in [0.1, 0.15) is 0 Å². The Morgan fingerprint density at radius 2 is 1.87 bits per heavy atom. The smallest absolute Gasteiger partial charge is 0.163 e. The summed E-state index contributed by atoms with van der Waals surface area (Å²) < 4.78 is 12.0. The third-order valence-corrected chi connectivity index (χ3v) is 5.81. The van der Waals surface area contributed by atoms with Crippen molar-refractivity contribution < 1.29 is 9.47 Å². The molecular weight excluding hydrogens is 204 g/mol. The Labute approximate surface area is 93.7 Å². The molecule has 1 fully saturated rings. The van der Waals surface area contributed by atoms with Crippen molar-refractivity contribution >= 4 is 8.07 Å². The first-order chi connectivity index (χ1) is 6.80. The van der Waals surface area contributed by atoms with E-state index in [4.69, 9.17) is 9.47 Å². The highest BCUT2D eigenvalue weighted by Crippen LogP contribution is 2.43. The van der Waals surface area contributed by atoms with Crippen molar-refractivity contribution in [1.29, 1.82) is 0 Å². The van der Waals surface area contributed by atoms with Crippen LogP contribution >= 0.6 is 0 Å². The second-order valence-corrected chi connectivity index (χ2v) is 11.6. The zero-order chi connectivity index (χ0) is 11.3. The van der Waals surface area contributed by atoms with Gasteiger partial charge in [-0.3, -0.25) is 0 Å². The van der Waals surface area contributed by atoms with Crippen molar-refractivity contribution in [3.8, 4) is 0 Å². The fourth-order valence-electron chi connectivity index (χ4n) is 2.60. The number of ether oxygens (including phenoxy) is 2. The molecule has 0 bridgehead atoms. The molecule has 1 aliphatic carbocycles. The normalized spacial score (nSPS) is 39.1. The summed E-state index contributed by atoms with van der Waals surface area (Å²) >= 11 is 0. The summed E-state index contributed by atoms with van der Waals surface area (Å²) in [5.74, 6) is -0.390. The van der Waals surface area contributed by atoms with Crippen molar-refractivity contribution in [3.05, 3.63) is 12.2 Å². The predicted octanol–water partition coefficient (Wildman–Crippen LogP) is 3.17. The summed E-state index contributed by atoms with van der Waals surface area (Å²) in [6.07, 6.45) is 6.21. The summed E-state index contributed by atoms with van der Waals surface area (Å²) in [4.78, 5) is 0. The van der Waals surface area contributed by atoms with Crippen LogP contribution in [0.3, 0.4) is 0 Å². The summed E-state index contributed by atoms with van der Waals surface area (Å²) in [5.41, 5.74) is 0.595. The molecule has 3 atom stereocenters. The van der Waals surface area contributed by atoms with Crippen LogP contribution in [0.1, 0.15) is 20.3 Å². The van der Waals surface area contributed by atoms with E-state index >= 15 is 0 Å². The van der Waals surface area contributed by atoms with Crippen molar-refractivity contribution in [2.24, 2.45) is 0 Å². The van der Waals surface area contributed by atoms with Gasteiger partial charge in [-0.25, -0.2) is 0 Å². The minimum absolute atomic E-state index is 0.279. The van der Waals surface area contributed by atoms with E-state index in [1.807, 2.05) is 13.8 Å². The van der Waals surface area contributed by atoms with Gasteiger partial charge in [-0.2, -0.15) is 0 Å². The van der Waals surface area contributed by atoms with Crippen LogP contribution in [0.15, 0.2) is 12.2 Å². The Bertz CT molecular complexity index is 278. The quantitative estimate of drug-likeness (QED) is 0.505. The van der Waals surface area contributed by atoms with Crippen LogP contribution < -0.4 is 0 Å². The SMILES string of the molecule is CC1(C)O[C@H]2[C@H](CC=C[C@@H]2[Si](C)(C)C)O1. The zero-order valence-corrected chi connectivity index (χ0v) is 11.4. The lowest BCUT2D eigenvalue weighted by Crippen LogP contribution is -2.41. The molecule has 0 radical (unpaired) electrons. The maximum Gasteiger partial charge on any atom is 0.163 e. The van der Waals surface area contributed by atoms with Gasteiger partial charge in [-0.05, 0) is 20.3 Å². The fraction of sp³-hybridized carbons (Fsp3) is 0.833. The minimum Gasteiger partial charge on any atom is -0.344 e. The van der Waals surface area contributed by atoms with Crippen LogP contribution in [0.4, 0.5) is 0 Å². The molecule has 1 saturated heterocycles. The van der Waals surface area contributed by atoms with E-state index in [0.29, 0.717) is 5.54 Å². The van der Waals surface area contributed by atoms with Gasteiger partial charge in [0.05, 0.1) is 20.3 Å². The van der Waals surface area contributed by atoms with Crippen molar-refractivity contribution in [2.45, 2.75) is 63.4 Å². The van der Waals surface area contributed by atoms with Gasteiger partial charge in [0.2, 0.25) is 0 Å². The van der Waals surface area contributed by atoms with Crippen LogP contribution in [0.25, 0.3) is 0 Å². The fourth-order valence-corrected chi connectivity index (χ4v) is 4.58. The van der Waals surface area contributed by atoms with E-state index in [-0.39, 0.29) is 18.0 Å². The van der Waals surface area contributed by atoms with Crippen molar-refractivity contribution in [2.75, 3.05) is 0 Å². The van der Waals surface area contributed by atoms with E-state index in [9.17, 15) is 0 Å². The molecule has 3 heteroatoms. The second-order valence-electron chi connectivity index (χ2n) is 6.19. The maximum absolute atomic E-state index is 6.05. The van der Waals surface area contributed by atoms with Gasteiger partial charge >= 0.3 is 0 Å². The highest BCUT2D eigenvalue weighted by Gasteiger charge is 2.48. The molecule has 1 heterocycles. The van der Waals surface area contributed by atoms with Crippen LogP contribution in [-0.4, -0.2) is 26.1 Å². The molecule has 1 aliphatic heterocycles. The first kappa shape index (κ1) is 11.4. The number of rotatable bonds is 1. The molecular formula is C12H22O2Si. The monoisotopic (exact) mass is 226 g/mol. The van der Waals surface area contributed by atoms with Gasteiger partial charge in [0.25, 0.3) is 0 Å². The summed E-state index contributed by atoms with van der Waals surface area (Å²) in [5, 5.41) is 0. The van der Waals surface area contributed by atoms with Crippen LogP contribution in [0.2, 0.25) is 25.2 Å². The van der Waals surface area contributed by atoms with Crippen LogP contribution in [-0.2, 0) is 9.47 Å². The molecule has 2 nitrogen and oxygen atoms in total. The lowest BCUT2D eigenvalue weighted by atomic mass is 10.0. The summed E-state index contributed by atoms with van der Waals surface area (Å²) in [6.45, 7) is 11.2. The van der Waals surface area contributed by atoms with E-state index in [1.54, 1.807) is 0 Å². The number of hydrogen-bond donors (Lipinski definition) is 0. The van der Waals surface area contributed by atoms with Gasteiger partial charge in [0, 0.05) is 5.54 Å². The number of hydrogen-bond acceptors (Lipinski definition) is 2. The van der Waals surface area contributed by atoms with Gasteiger partial charge in [-0.1, -0.05) is 31.8 Å². The molecule has 0 aromatic heterocycles. The average Bonchev–Trinajstić information content (AvgIpc) is 2.35. The lowest BCUT2D eigenvalue weighted by molar-refractivity contribution is -0.145.